The molecule has 0 heterocycles. The van der Waals surface area contributed by atoms with Gasteiger partial charge in [-0.25, -0.2) is 4.79 Å². The minimum atomic E-state index is -0.462. The number of nitrogen functional groups attached to an aromatic ring is 1. The molecule has 0 radical (unpaired) electrons. The largest absolute Gasteiger partial charge is 0.465 e. The highest BCUT2D eigenvalue weighted by molar-refractivity contribution is 5.98. The molecule has 1 rings (SSSR count). The number of nitrogens with two attached hydrogens (primary N) is 1. The zero-order valence-electron chi connectivity index (χ0n) is 10.8. The van der Waals surface area contributed by atoms with E-state index in [9.17, 15) is 4.79 Å². The molecule has 0 aromatic heterocycles. The quantitative estimate of drug-likeness (QED) is 0.648. The van der Waals surface area contributed by atoms with Crippen LogP contribution >= 0.6 is 0 Å². The zero-order chi connectivity index (χ0) is 13.7. The van der Waals surface area contributed by atoms with E-state index in [0.717, 1.165) is 5.69 Å². The smallest absolute Gasteiger partial charge is 0.340 e. The Labute approximate surface area is 107 Å². The summed E-state index contributed by atoms with van der Waals surface area (Å²) in [6.07, 6.45) is 0.387. The van der Waals surface area contributed by atoms with Crippen LogP contribution in [0.15, 0.2) is 18.2 Å². The van der Waals surface area contributed by atoms with Crippen LogP contribution in [0.4, 0.5) is 11.4 Å². The van der Waals surface area contributed by atoms with E-state index in [1.807, 2.05) is 24.9 Å². The second kappa shape index (κ2) is 5.92. The van der Waals surface area contributed by atoms with Crippen molar-refractivity contribution in [2.45, 2.75) is 19.4 Å². The van der Waals surface area contributed by atoms with Gasteiger partial charge in [0.1, 0.15) is 0 Å². The SMILES string of the molecule is COC(=O)c1cccc(N(C)C(C)CC#N)c1N. The van der Waals surface area contributed by atoms with E-state index in [-0.39, 0.29) is 6.04 Å². The summed E-state index contributed by atoms with van der Waals surface area (Å²) in [5, 5.41) is 8.70. The van der Waals surface area contributed by atoms with E-state index >= 15 is 0 Å². The number of para-hydroxylation sites is 1. The first-order valence-corrected chi connectivity index (χ1v) is 5.59. The molecule has 0 spiro atoms. The number of esters is 1. The van der Waals surface area contributed by atoms with Crippen LogP contribution in [0.3, 0.4) is 0 Å². The van der Waals surface area contributed by atoms with Crippen molar-refractivity contribution < 1.29 is 9.53 Å². The molecular weight excluding hydrogens is 230 g/mol. The van der Waals surface area contributed by atoms with Crippen molar-refractivity contribution in [3.8, 4) is 6.07 Å². The van der Waals surface area contributed by atoms with Gasteiger partial charge in [0.05, 0.1) is 36.5 Å². The number of hydrogen-bond acceptors (Lipinski definition) is 5. The Hall–Kier alpha value is -2.22. The normalized spacial score (nSPS) is 11.4. The molecule has 0 aliphatic carbocycles. The van der Waals surface area contributed by atoms with Gasteiger partial charge in [-0.15, -0.1) is 0 Å². The third-order valence-electron chi connectivity index (χ3n) is 2.92. The predicted molar refractivity (Wildman–Crippen MR) is 70.3 cm³/mol. The highest BCUT2D eigenvalue weighted by Crippen LogP contribution is 2.28. The Morgan fingerprint density at radius 3 is 2.83 bits per heavy atom. The van der Waals surface area contributed by atoms with Crippen molar-refractivity contribution in [3.63, 3.8) is 0 Å². The Bertz CT molecular complexity index is 480. The number of methoxy groups -OCH3 is 1. The number of nitrogens with zero attached hydrogens (tertiary/aromatic N) is 2. The third-order valence-corrected chi connectivity index (χ3v) is 2.92. The van der Waals surface area contributed by atoms with Gasteiger partial charge < -0.3 is 15.4 Å². The van der Waals surface area contributed by atoms with Gasteiger partial charge in [0, 0.05) is 13.1 Å². The molecule has 5 heteroatoms. The predicted octanol–water partition coefficient (Wildman–Crippen LogP) is 1.79. The number of carbonyl (C=O) groups excluding carboxylic acids is 1. The molecule has 0 saturated carbocycles. The fourth-order valence-corrected chi connectivity index (χ4v) is 1.66. The van der Waals surface area contributed by atoms with Gasteiger partial charge in [0.2, 0.25) is 0 Å². The molecule has 0 fully saturated rings. The molecule has 0 aliphatic rings. The lowest BCUT2D eigenvalue weighted by Crippen LogP contribution is -2.29. The van der Waals surface area contributed by atoms with Crippen LogP contribution < -0.4 is 10.6 Å². The van der Waals surface area contributed by atoms with Crippen LogP contribution in [0, 0.1) is 11.3 Å². The molecular formula is C13H17N3O2. The summed E-state index contributed by atoms with van der Waals surface area (Å²) in [6.45, 7) is 1.92. The summed E-state index contributed by atoms with van der Waals surface area (Å²) in [4.78, 5) is 13.4. The lowest BCUT2D eigenvalue weighted by atomic mass is 10.1. The fraction of sp³-hybridized carbons (Fsp3) is 0.385. The number of hydrogen-bond donors (Lipinski definition) is 1. The highest BCUT2D eigenvalue weighted by atomic mass is 16.5. The minimum absolute atomic E-state index is 0.0187. The number of anilines is 2. The molecule has 18 heavy (non-hydrogen) atoms. The van der Waals surface area contributed by atoms with E-state index in [4.69, 9.17) is 11.0 Å². The molecule has 1 atom stereocenters. The summed E-state index contributed by atoms with van der Waals surface area (Å²) in [6, 6.07) is 7.31. The number of ether oxygens (including phenoxy) is 1. The van der Waals surface area contributed by atoms with Gasteiger partial charge in [-0.2, -0.15) is 5.26 Å². The van der Waals surface area contributed by atoms with Crippen LogP contribution in [0.2, 0.25) is 0 Å². The van der Waals surface area contributed by atoms with Crippen molar-refractivity contribution in [1.82, 2.24) is 0 Å². The molecule has 0 saturated heterocycles. The molecule has 0 aliphatic heterocycles. The van der Waals surface area contributed by atoms with E-state index in [2.05, 4.69) is 10.8 Å². The fourth-order valence-electron chi connectivity index (χ4n) is 1.66. The van der Waals surface area contributed by atoms with Gasteiger partial charge in [-0.3, -0.25) is 0 Å². The Morgan fingerprint density at radius 1 is 1.61 bits per heavy atom. The van der Waals surface area contributed by atoms with E-state index in [1.54, 1.807) is 12.1 Å². The second-order valence-corrected chi connectivity index (χ2v) is 4.05. The maximum atomic E-state index is 11.5. The van der Waals surface area contributed by atoms with Gasteiger partial charge in [-0.1, -0.05) is 6.07 Å². The Kier molecular flexibility index (Phi) is 4.55. The summed E-state index contributed by atoms with van der Waals surface area (Å²) in [5.41, 5.74) is 7.40. The summed E-state index contributed by atoms with van der Waals surface area (Å²) in [5.74, 6) is -0.462. The van der Waals surface area contributed by atoms with Crippen molar-refractivity contribution >= 4 is 17.3 Å². The standard InChI is InChI=1S/C13H17N3O2/c1-9(7-8-14)16(2)11-6-4-5-10(12(11)15)13(17)18-3/h4-6,9H,7,15H2,1-3H3. The average Bonchev–Trinajstić information content (AvgIpc) is 2.37. The first kappa shape index (κ1) is 13.8. The number of benzene rings is 1. The molecule has 2 N–H and O–H groups in total. The van der Waals surface area contributed by atoms with Gasteiger partial charge in [0.25, 0.3) is 0 Å². The van der Waals surface area contributed by atoms with Gasteiger partial charge >= 0.3 is 5.97 Å². The van der Waals surface area contributed by atoms with Crippen molar-refractivity contribution in [2.24, 2.45) is 0 Å². The van der Waals surface area contributed by atoms with Crippen molar-refractivity contribution in [1.29, 1.82) is 5.26 Å². The van der Waals surface area contributed by atoms with Crippen LogP contribution in [-0.2, 0) is 4.74 Å². The van der Waals surface area contributed by atoms with E-state index < -0.39 is 5.97 Å². The number of rotatable bonds is 4. The Morgan fingerprint density at radius 2 is 2.28 bits per heavy atom. The minimum Gasteiger partial charge on any atom is -0.465 e. The summed E-state index contributed by atoms with van der Waals surface area (Å²) < 4.78 is 4.67. The average molecular weight is 247 g/mol. The summed E-state index contributed by atoms with van der Waals surface area (Å²) in [7, 11) is 3.16. The topological polar surface area (TPSA) is 79.3 Å². The molecule has 1 unspecified atom stereocenters. The molecule has 5 nitrogen and oxygen atoms in total. The second-order valence-electron chi connectivity index (χ2n) is 4.05. The highest BCUT2D eigenvalue weighted by Gasteiger charge is 2.17. The number of carbonyl (C=O) groups is 1. The molecule has 1 aromatic carbocycles. The first-order valence-electron chi connectivity index (χ1n) is 5.59. The van der Waals surface area contributed by atoms with Gasteiger partial charge in [-0.05, 0) is 19.1 Å². The lowest BCUT2D eigenvalue weighted by molar-refractivity contribution is 0.0602. The molecule has 0 amide bonds. The van der Waals surface area contributed by atoms with Crippen LogP contribution in [0.5, 0.6) is 0 Å². The summed E-state index contributed by atoms with van der Waals surface area (Å²) >= 11 is 0. The number of nitriles is 1. The first-order chi connectivity index (χ1) is 8.52. The van der Waals surface area contributed by atoms with Gasteiger partial charge in [0.15, 0.2) is 0 Å². The van der Waals surface area contributed by atoms with Crippen LogP contribution in [-0.4, -0.2) is 26.2 Å². The molecule has 1 aromatic rings. The van der Waals surface area contributed by atoms with Crippen molar-refractivity contribution in [3.05, 3.63) is 23.8 Å². The third kappa shape index (κ3) is 2.72. The lowest BCUT2D eigenvalue weighted by Gasteiger charge is -2.27. The molecule has 96 valence electrons. The van der Waals surface area contributed by atoms with Crippen LogP contribution in [0.25, 0.3) is 0 Å². The monoisotopic (exact) mass is 247 g/mol. The zero-order valence-corrected chi connectivity index (χ0v) is 10.8. The molecule has 0 bridgehead atoms. The maximum Gasteiger partial charge on any atom is 0.340 e. The Balaban J connectivity index is 3.11. The van der Waals surface area contributed by atoms with E-state index in [0.29, 0.717) is 17.7 Å². The maximum absolute atomic E-state index is 11.5. The van der Waals surface area contributed by atoms with E-state index in [1.165, 1.54) is 7.11 Å². The van der Waals surface area contributed by atoms with Crippen molar-refractivity contribution in [2.75, 3.05) is 24.8 Å². The van der Waals surface area contributed by atoms with Crippen LogP contribution in [0.1, 0.15) is 23.7 Å².